The highest BCUT2D eigenvalue weighted by Gasteiger charge is 2.25. The van der Waals surface area contributed by atoms with Gasteiger partial charge in [-0.3, -0.25) is 4.79 Å². The summed E-state index contributed by atoms with van der Waals surface area (Å²) in [5, 5.41) is 0. The molecule has 0 unspecified atom stereocenters. The number of amides is 1. The SMILES string of the molecule is CC(=O)N1Cc2[nH]c(=O)n(N)c2C1. The summed E-state index contributed by atoms with van der Waals surface area (Å²) < 4.78 is 1.05. The molecule has 1 aliphatic heterocycles. The van der Waals surface area contributed by atoms with Crippen LogP contribution in [0.5, 0.6) is 0 Å². The molecular weight excluding hydrogens is 172 g/mol. The van der Waals surface area contributed by atoms with Gasteiger partial charge in [0.2, 0.25) is 5.91 Å². The molecule has 1 amide bonds. The Kier molecular flexibility index (Phi) is 1.45. The summed E-state index contributed by atoms with van der Waals surface area (Å²) in [6.07, 6.45) is 0. The first-order chi connectivity index (χ1) is 6.09. The molecule has 1 aromatic heterocycles. The molecule has 0 fully saturated rings. The Labute approximate surface area is 73.9 Å². The Balaban J connectivity index is 2.38. The van der Waals surface area contributed by atoms with Gasteiger partial charge in [0.1, 0.15) is 0 Å². The number of nitrogen functional groups attached to an aromatic ring is 1. The second-order valence-corrected chi connectivity index (χ2v) is 3.10. The number of hydrogen-bond acceptors (Lipinski definition) is 3. The lowest BCUT2D eigenvalue weighted by Crippen LogP contribution is -2.30. The number of rotatable bonds is 0. The monoisotopic (exact) mass is 182 g/mol. The minimum atomic E-state index is -0.326. The van der Waals surface area contributed by atoms with E-state index in [9.17, 15) is 9.59 Å². The van der Waals surface area contributed by atoms with Gasteiger partial charge in [0.05, 0.1) is 24.5 Å². The van der Waals surface area contributed by atoms with E-state index in [1.807, 2.05) is 0 Å². The van der Waals surface area contributed by atoms with Gasteiger partial charge in [0.25, 0.3) is 0 Å². The summed E-state index contributed by atoms with van der Waals surface area (Å²) in [5.41, 5.74) is 1.11. The molecule has 70 valence electrons. The maximum Gasteiger partial charge on any atom is 0.344 e. The molecule has 0 saturated carbocycles. The zero-order valence-corrected chi connectivity index (χ0v) is 7.20. The quantitative estimate of drug-likeness (QED) is 0.492. The molecule has 2 rings (SSSR count). The first-order valence-electron chi connectivity index (χ1n) is 3.93. The van der Waals surface area contributed by atoms with Gasteiger partial charge in [-0.05, 0) is 0 Å². The Bertz CT molecular complexity index is 417. The fraction of sp³-hybridized carbons (Fsp3) is 0.429. The van der Waals surface area contributed by atoms with Gasteiger partial charge in [-0.1, -0.05) is 0 Å². The third-order valence-electron chi connectivity index (χ3n) is 2.25. The van der Waals surface area contributed by atoms with Gasteiger partial charge in [-0.15, -0.1) is 0 Å². The molecule has 0 atom stereocenters. The minimum absolute atomic E-state index is 0.0166. The topological polar surface area (TPSA) is 84.1 Å². The normalized spacial score (nSPS) is 14.7. The summed E-state index contributed by atoms with van der Waals surface area (Å²) >= 11 is 0. The van der Waals surface area contributed by atoms with Crippen LogP contribution >= 0.6 is 0 Å². The highest BCUT2D eigenvalue weighted by Crippen LogP contribution is 2.17. The lowest BCUT2D eigenvalue weighted by Gasteiger charge is -2.11. The van der Waals surface area contributed by atoms with Crippen molar-refractivity contribution in [2.24, 2.45) is 0 Å². The van der Waals surface area contributed by atoms with Crippen molar-refractivity contribution in [2.45, 2.75) is 20.0 Å². The molecule has 0 spiro atoms. The predicted octanol–water partition coefficient (Wildman–Crippen LogP) is -1.25. The van der Waals surface area contributed by atoms with E-state index < -0.39 is 0 Å². The van der Waals surface area contributed by atoms with Crippen LogP contribution in [0.15, 0.2) is 4.79 Å². The Morgan fingerprint density at radius 2 is 2.23 bits per heavy atom. The van der Waals surface area contributed by atoms with Crippen LogP contribution in [-0.2, 0) is 17.9 Å². The van der Waals surface area contributed by atoms with Crippen molar-refractivity contribution >= 4 is 5.91 Å². The van der Waals surface area contributed by atoms with Crippen LogP contribution in [0.1, 0.15) is 18.3 Å². The highest BCUT2D eigenvalue weighted by atomic mass is 16.2. The summed E-state index contributed by atoms with van der Waals surface area (Å²) in [6, 6.07) is 0. The number of nitrogens with one attached hydrogen (secondary N) is 1. The molecule has 0 aliphatic carbocycles. The van der Waals surface area contributed by atoms with E-state index in [-0.39, 0.29) is 11.6 Å². The highest BCUT2D eigenvalue weighted by molar-refractivity contribution is 5.73. The lowest BCUT2D eigenvalue weighted by molar-refractivity contribution is -0.129. The van der Waals surface area contributed by atoms with Gasteiger partial charge in [0, 0.05) is 6.92 Å². The number of aromatic nitrogens is 2. The number of H-pyrrole nitrogens is 1. The molecule has 1 aliphatic rings. The standard InChI is InChI=1S/C7H10N4O2/c1-4(12)10-2-5-6(3-10)11(8)7(13)9-5/h2-3,8H2,1H3,(H,9,13). The molecule has 13 heavy (non-hydrogen) atoms. The van der Waals surface area contributed by atoms with Gasteiger partial charge < -0.3 is 15.7 Å². The molecule has 6 nitrogen and oxygen atoms in total. The molecule has 0 radical (unpaired) electrons. The number of fused-ring (bicyclic) bond motifs is 1. The predicted molar refractivity (Wildman–Crippen MR) is 45.1 cm³/mol. The second-order valence-electron chi connectivity index (χ2n) is 3.10. The summed E-state index contributed by atoms with van der Waals surface area (Å²) in [4.78, 5) is 26.2. The van der Waals surface area contributed by atoms with Crippen molar-refractivity contribution in [3.63, 3.8) is 0 Å². The van der Waals surface area contributed by atoms with E-state index in [1.165, 1.54) is 6.92 Å². The largest absolute Gasteiger partial charge is 0.344 e. The zero-order valence-electron chi connectivity index (χ0n) is 7.20. The maximum absolute atomic E-state index is 11.0. The van der Waals surface area contributed by atoms with E-state index in [4.69, 9.17) is 5.84 Å². The van der Waals surface area contributed by atoms with E-state index in [2.05, 4.69) is 4.98 Å². The second kappa shape index (κ2) is 2.38. The van der Waals surface area contributed by atoms with Crippen LogP contribution in [0.4, 0.5) is 0 Å². The van der Waals surface area contributed by atoms with Crippen LogP contribution in [0.3, 0.4) is 0 Å². The zero-order chi connectivity index (χ0) is 9.59. The van der Waals surface area contributed by atoms with Crippen LogP contribution in [0.25, 0.3) is 0 Å². The van der Waals surface area contributed by atoms with E-state index >= 15 is 0 Å². The number of carbonyl (C=O) groups excluding carboxylic acids is 1. The average Bonchev–Trinajstić information content (AvgIpc) is 2.55. The molecular formula is C7H10N4O2. The first-order valence-corrected chi connectivity index (χ1v) is 3.93. The number of aromatic amines is 1. The van der Waals surface area contributed by atoms with Crippen LogP contribution in [-0.4, -0.2) is 20.5 Å². The molecule has 1 aromatic rings. The molecule has 2 heterocycles. The van der Waals surface area contributed by atoms with Gasteiger partial charge >= 0.3 is 5.69 Å². The number of nitrogens with zero attached hydrogens (tertiary/aromatic N) is 2. The third-order valence-corrected chi connectivity index (χ3v) is 2.25. The number of nitrogens with two attached hydrogens (primary N) is 1. The molecule has 0 saturated heterocycles. The lowest BCUT2D eigenvalue weighted by atomic mass is 10.4. The smallest absolute Gasteiger partial charge is 0.335 e. The van der Waals surface area contributed by atoms with E-state index in [0.717, 1.165) is 10.4 Å². The molecule has 0 bridgehead atoms. The van der Waals surface area contributed by atoms with Crippen molar-refractivity contribution in [1.29, 1.82) is 0 Å². The van der Waals surface area contributed by atoms with Crippen LogP contribution in [0, 0.1) is 0 Å². The number of hydrogen-bond donors (Lipinski definition) is 2. The van der Waals surface area contributed by atoms with Crippen LogP contribution < -0.4 is 11.5 Å². The number of imidazole rings is 1. The fourth-order valence-electron chi connectivity index (χ4n) is 1.48. The maximum atomic E-state index is 11.0. The number of carbonyl (C=O) groups is 1. The third kappa shape index (κ3) is 1.02. The van der Waals surface area contributed by atoms with Gasteiger partial charge in [-0.2, -0.15) is 0 Å². The molecule has 3 N–H and O–H groups in total. The van der Waals surface area contributed by atoms with Crippen molar-refractivity contribution in [1.82, 2.24) is 14.6 Å². The Hall–Kier alpha value is -1.72. The summed E-state index contributed by atoms with van der Waals surface area (Å²) in [5.74, 6) is 5.43. The molecule has 0 aromatic carbocycles. The van der Waals surface area contributed by atoms with E-state index in [1.54, 1.807) is 4.90 Å². The summed E-state index contributed by atoms with van der Waals surface area (Å²) in [6.45, 7) is 2.36. The van der Waals surface area contributed by atoms with Crippen molar-refractivity contribution in [3.05, 3.63) is 21.9 Å². The Morgan fingerprint density at radius 3 is 2.77 bits per heavy atom. The van der Waals surface area contributed by atoms with Crippen molar-refractivity contribution in [3.8, 4) is 0 Å². The average molecular weight is 182 g/mol. The fourth-order valence-corrected chi connectivity index (χ4v) is 1.48. The van der Waals surface area contributed by atoms with Gasteiger partial charge in [-0.25, -0.2) is 9.47 Å². The van der Waals surface area contributed by atoms with Crippen molar-refractivity contribution in [2.75, 3.05) is 5.84 Å². The van der Waals surface area contributed by atoms with Gasteiger partial charge in [0.15, 0.2) is 0 Å². The van der Waals surface area contributed by atoms with Crippen molar-refractivity contribution < 1.29 is 4.79 Å². The first kappa shape index (κ1) is 7.90. The Morgan fingerprint density at radius 1 is 1.54 bits per heavy atom. The van der Waals surface area contributed by atoms with E-state index in [0.29, 0.717) is 18.8 Å². The summed E-state index contributed by atoms with van der Waals surface area (Å²) in [7, 11) is 0. The molecule has 6 heteroatoms. The van der Waals surface area contributed by atoms with Crippen LogP contribution in [0.2, 0.25) is 0 Å². The minimum Gasteiger partial charge on any atom is -0.335 e.